The van der Waals surface area contributed by atoms with Crippen LogP contribution in [0.2, 0.25) is 0 Å². The molecule has 0 aliphatic heterocycles. The van der Waals surface area contributed by atoms with Crippen molar-refractivity contribution in [3.63, 3.8) is 0 Å². The summed E-state index contributed by atoms with van der Waals surface area (Å²) in [7, 11) is 0. The van der Waals surface area contributed by atoms with Crippen molar-refractivity contribution in [1.82, 2.24) is 9.59 Å². The highest BCUT2D eigenvalue weighted by Gasteiger charge is 2.13. The first kappa shape index (κ1) is 12.2. The van der Waals surface area contributed by atoms with Crippen molar-refractivity contribution in [2.24, 2.45) is 0 Å². The van der Waals surface area contributed by atoms with Crippen LogP contribution in [0.5, 0.6) is 0 Å². The number of benzene rings is 1. The maximum atomic E-state index is 11.8. The summed E-state index contributed by atoms with van der Waals surface area (Å²) in [6.45, 7) is 1.69. The largest absolute Gasteiger partial charge is 0.478 e. The van der Waals surface area contributed by atoms with Gasteiger partial charge in [-0.2, -0.15) is 0 Å². The Morgan fingerprint density at radius 1 is 1.39 bits per heavy atom. The topological polar surface area (TPSA) is 92.2 Å². The normalized spacial score (nSPS) is 10.1. The van der Waals surface area contributed by atoms with Crippen LogP contribution in [0, 0.1) is 6.92 Å². The van der Waals surface area contributed by atoms with E-state index in [1.807, 2.05) is 0 Å². The minimum absolute atomic E-state index is 0.118. The molecule has 2 rings (SSSR count). The number of carboxylic acids is 1. The van der Waals surface area contributed by atoms with Gasteiger partial charge in [-0.25, -0.2) is 4.79 Å². The molecule has 0 atom stereocenters. The van der Waals surface area contributed by atoms with Gasteiger partial charge >= 0.3 is 5.97 Å². The molecule has 1 aromatic carbocycles. The number of hydrogen-bond donors (Lipinski definition) is 2. The second kappa shape index (κ2) is 4.92. The number of aryl methyl sites for hydroxylation is 1. The highest BCUT2D eigenvalue weighted by molar-refractivity contribution is 7.08. The minimum atomic E-state index is -1.04. The SMILES string of the molecule is Cc1nnsc1C(=O)Nc1cccc(C(=O)O)c1. The molecule has 0 fully saturated rings. The molecule has 0 spiro atoms. The molecule has 0 radical (unpaired) electrons. The number of aromatic carboxylic acids is 1. The molecule has 1 heterocycles. The molecule has 6 nitrogen and oxygen atoms in total. The molecule has 0 saturated heterocycles. The number of rotatable bonds is 3. The van der Waals surface area contributed by atoms with Crippen molar-refractivity contribution in [3.8, 4) is 0 Å². The van der Waals surface area contributed by atoms with E-state index in [1.165, 1.54) is 12.1 Å². The minimum Gasteiger partial charge on any atom is -0.478 e. The number of nitrogens with zero attached hydrogens (tertiary/aromatic N) is 2. The van der Waals surface area contributed by atoms with Crippen LogP contribution < -0.4 is 5.32 Å². The van der Waals surface area contributed by atoms with Crippen LogP contribution in [0.3, 0.4) is 0 Å². The molecule has 0 aliphatic rings. The van der Waals surface area contributed by atoms with Gasteiger partial charge in [0.25, 0.3) is 5.91 Å². The second-order valence-electron chi connectivity index (χ2n) is 3.53. The first-order valence-electron chi connectivity index (χ1n) is 5.01. The number of aromatic nitrogens is 2. The summed E-state index contributed by atoms with van der Waals surface area (Å²) >= 11 is 0.998. The quantitative estimate of drug-likeness (QED) is 0.880. The zero-order valence-electron chi connectivity index (χ0n) is 9.38. The zero-order chi connectivity index (χ0) is 13.1. The zero-order valence-corrected chi connectivity index (χ0v) is 10.2. The molecular formula is C11H9N3O3S. The van der Waals surface area contributed by atoms with E-state index >= 15 is 0 Å². The molecule has 0 unspecified atom stereocenters. The van der Waals surface area contributed by atoms with E-state index in [4.69, 9.17) is 5.11 Å². The van der Waals surface area contributed by atoms with E-state index in [1.54, 1.807) is 19.1 Å². The number of amides is 1. The van der Waals surface area contributed by atoms with E-state index in [2.05, 4.69) is 14.9 Å². The van der Waals surface area contributed by atoms with Crippen molar-refractivity contribution >= 4 is 29.1 Å². The van der Waals surface area contributed by atoms with Crippen molar-refractivity contribution in [2.45, 2.75) is 6.92 Å². The van der Waals surface area contributed by atoms with Crippen molar-refractivity contribution in [3.05, 3.63) is 40.4 Å². The number of carbonyl (C=O) groups is 2. The van der Waals surface area contributed by atoms with Crippen molar-refractivity contribution < 1.29 is 14.7 Å². The van der Waals surface area contributed by atoms with Crippen LogP contribution in [-0.4, -0.2) is 26.6 Å². The number of carbonyl (C=O) groups excluding carboxylic acids is 1. The molecule has 2 N–H and O–H groups in total. The summed E-state index contributed by atoms with van der Waals surface area (Å²) in [5, 5.41) is 15.2. The second-order valence-corrected chi connectivity index (χ2v) is 4.28. The molecule has 0 saturated carbocycles. The molecule has 18 heavy (non-hydrogen) atoms. The molecule has 0 bridgehead atoms. The lowest BCUT2D eigenvalue weighted by molar-refractivity contribution is 0.0696. The van der Waals surface area contributed by atoms with Crippen LogP contribution >= 0.6 is 11.5 Å². The van der Waals surface area contributed by atoms with Gasteiger partial charge < -0.3 is 10.4 Å². The van der Waals surface area contributed by atoms with Crippen LogP contribution in [0.15, 0.2) is 24.3 Å². The third-order valence-electron chi connectivity index (χ3n) is 2.23. The summed E-state index contributed by atoms with van der Waals surface area (Å²) in [5.41, 5.74) is 1.09. The van der Waals surface area contributed by atoms with Crippen LogP contribution in [0.1, 0.15) is 25.7 Å². The smallest absolute Gasteiger partial charge is 0.335 e. The van der Waals surface area contributed by atoms with Gasteiger partial charge in [-0.3, -0.25) is 4.79 Å². The van der Waals surface area contributed by atoms with Gasteiger partial charge in [-0.15, -0.1) is 5.10 Å². The lowest BCUT2D eigenvalue weighted by atomic mass is 10.2. The summed E-state index contributed by atoms with van der Waals surface area (Å²) in [6.07, 6.45) is 0. The Morgan fingerprint density at radius 2 is 2.17 bits per heavy atom. The van der Waals surface area contributed by atoms with E-state index in [0.717, 1.165) is 11.5 Å². The average molecular weight is 263 g/mol. The number of carboxylic acid groups (broad SMARTS) is 1. The summed E-state index contributed by atoms with van der Waals surface area (Å²) < 4.78 is 3.67. The predicted octanol–water partition coefficient (Wildman–Crippen LogP) is 1.80. The number of nitrogens with one attached hydrogen (secondary N) is 1. The van der Waals surface area contributed by atoms with Crippen LogP contribution in [0.4, 0.5) is 5.69 Å². The number of anilines is 1. The Labute approximate surface area is 106 Å². The standard InChI is InChI=1S/C11H9N3O3S/c1-6-9(18-14-13-6)10(15)12-8-4-2-3-7(5-8)11(16)17/h2-5H,1H3,(H,12,15)(H,16,17). The van der Waals surface area contributed by atoms with Gasteiger partial charge in [0, 0.05) is 5.69 Å². The Kier molecular flexibility index (Phi) is 3.33. The molecule has 92 valence electrons. The van der Waals surface area contributed by atoms with E-state index in [9.17, 15) is 9.59 Å². The predicted molar refractivity (Wildman–Crippen MR) is 66.0 cm³/mol. The molecule has 1 aromatic heterocycles. The van der Waals surface area contributed by atoms with E-state index in [-0.39, 0.29) is 11.5 Å². The average Bonchev–Trinajstić information content (AvgIpc) is 2.76. The van der Waals surface area contributed by atoms with Crippen molar-refractivity contribution in [2.75, 3.05) is 5.32 Å². The van der Waals surface area contributed by atoms with Gasteiger partial charge in [0.1, 0.15) is 4.88 Å². The fourth-order valence-electron chi connectivity index (χ4n) is 1.36. The first-order chi connectivity index (χ1) is 8.58. The molecule has 1 amide bonds. The fraction of sp³-hybridized carbons (Fsp3) is 0.0909. The lowest BCUT2D eigenvalue weighted by Crippen LogP contribution is -2.12. The Bertz CT molecular complexity index is 609. The van der Waals surface area contributed by atoms with Gasteiger partial charge in [-0.1, -0.05) is 10.6 Å². The highest BCUT2D eigenvalue weighted by Crippen LogP contribution is 2.15. The monoisotopic (exact) mass is 263 g/mol. The molecular weight excluding hydrogens is 254 g/mol. The lowest BCUT2D eigenvalue weighted by Gasteiger charge is -2.04. The van der Waals surface area contributed by atoms with Gasteiger partial charge in [0.05, 0.1) is 11.3 Å². The highest BCUT2D eigenvalue weighted by atomic mass is 32.1. The van der Waals surface area contributed by atoms with E-state index < -0.39 is 5.97 Å². The maximum Gasteiger partial charge on any atom is 0.335 e. The van der Waals surface area contributed by atoms with Crippen LogP contribution in [0.25, 0.3) is 0 Å². The van der Waals surface area contributed by atoms with Gasteiger partial charge in [0.15, 0.2) is 0 Å². The Hall–Kier alpha value is -2.28. The van der Waals surface area contributed by atoms with Crippen molar-refractivity contribution in [1.29, 1.82) is 0 Å². The van der Waals surface area contributed by atoms with Gasteiger partial charge in [0.2, 0.25) is 0 Å². The molecule has 2 aromatic rings. The molecule has 0 aliphatic carbocycles. The summed E-state index contributed by atoms with van der Waals surface area (Å²) in [5.74, 6) is -1.38. The summed E-state index contributed by atoms with van der Waals surface area (Å²) in [6, 6.07) is 6.03. The third-order valence-corrected chi connectivity index (χ3v) is 3.05. The fourth-order valence-corrected chi connectivity index (χ4v) is 1.91. The Morgan fingerprint density at radius 3 is 2.78 bits per heavy atom. The van der Waals surface area contributed by atoms with E-state index in [0.29, 0.717) is 16.3 Å². The number of hydrogen-bond acceptors (Lipinski definition) is 5. The maximum absolute atomic E-state index is 11.8. The third kappa shape index (κ3) is 2.51. The first-order valence-corrected chi connectivity index (χ1v) is 5.79. The summed E-state index contributed by atoms with van der Waals surface area (Å²) in [4.78, 5) is 23.1. The van der Waals surface area contributed by atoms with Crippen LogP contribution in [-0.2, 0) is 0 Å². The van der Waals surface area contributed by atoms with Gasteiger partial charge in [-0.05, 0) is 36.7 Å². The Balaban J connectivity index is 2.20. The molecule has 7 heteroatoms.